The van der Waals surface area contributed by atoms with Gasteiger partial charge in [-0.3, -0.25) is 4.57 Å². The zero-order chi connectivity index (χ0) is 42.2. The van der Waals surface area contributed by atoms with E-state index >= 15 is 0 Å². The van der Waals surface area contributed by atoms with Crippen molar-refractivity contribution >= 4 is 21.9 Å². The fraction of sp³-hybridized carbons (Fsp3) is 0.291. The summed E-state index contributed by atoms with van der Waals surface area (Å²) in [4.78, 5) is 9.37. The number of H-pyrrole nitrogens is 1. The minimum absolute atomic E-state index is 0.0588. The van der Waals surface area contributed by atoms with Gasteiger partial charge in [-0.15, -0.1) is 0 Å². The minimum Gasteiger partial charge on any atom is -0.507 e. The van der Waals surface area contributed by atoms with E-state index in [1.165, 1.54) is 16.5 Å². The molecule has 4 heteroatoms. The van der Waals surface area contributed by atoms with Gasteiger partial charge in [0.1, 0.15) is 11.6 Å². The fourth-order valence-electron chi connectivity index (χ4n) is 8.21. The van der Waals surface area contributed by atoms with E-state index in [-0.39, 0.29) is 27.4 Å². The van der Waals surface area contributed by atoms with Gasteiger partial charge in [0, 0.05) is 33.3 Å². The highest BCUT2D eigenvalue weighted by Crippen LogP contribution is 2.46. The first-order valence-electron chi connectivity index (χ1n) is 21.0. The summed E-state index contributed by atoms with van der Waals surface area (Å²) in [7, 11) is 0. The van der Waals surface area contributed by atoms with Gasteiger partial charge in [-0.25, -0.2) is 4.98 Å². The molecule has 0 aliphatic carbocycles. The van der Waals surface area contributed by atoms with E-state index in [0.717, 1.165) is 72.4 Å². The highest BCUT2D eigenvalue weighted by atomic mass is 16.3. The normalized spacial score (nSPS) is 12.8. The van der Waals surface area contributed by atoms with Crippen LogP contribution in [0.5, 0.6) is 5.75 Å². The van der Waals surface area contributed by atoms with Gasteiger partial charge in [0.2, 0.25) is 0 Å². The van der Waals surface area contributed by atoms with Crippen molar-refractivity contribution in [3.63, 3.8) is 0 Å². The lowest BCUT2D eigenvalue weighted by Gasteiger charge is -2.28. The van der Waals surface area contributed by atoms with Crippen molar-refractivity contribution in [3.8, 4) is 56.3 Å². The minimum atomic E-state index is -0.307. The zero-order valence-electron chi connectivity index (χ0n) is 37.0. The number of fused-ring (bicyclic) bond motifs is 2. The van der Waals surface area contributed by atoms with Crippen molar-refractivity contribution in [2.24, 2.45) is 0 Å². The Labute approximate surface area is 351 Å². The van der Waals surface area contributed by atoms with Gasteiger partial charge in [-0.2, -0.15) is 0 Å². The second kappa shape index (κ2) is 14.2. The zero-order valence-corrected chi connectivity index (χ0v) is 37.0. The first kappa shape index (κ1) is 39.9. The predicted octanol–water partition coefficient (Wildman–Crippen LogP) is 15.1. The van der Waals surface area contributed by atoms with E-state index in [2.05, 4.69) is 220 Å². The monoisotopic (exact) mass is 777 g/mol. The number of para-hydroxylation sites is 2. The molecule has 0 saturated carbocycles. The van der Waals surface area contributed by atoms with Crippen LogP contribution < -0.4 is 0 Å². The Morgan fingerprint density at radius 1 is 0.492 bits per heavy atom. The first-order valence-corrected chi connectivity index (χ1v) is 21.0. The molecule has 0 unspecified atom stereocenters. The molecule has 0 spiro atoms. The molecule has 0 aliphatic rings. The van der Waals surface area contributed by atoms with Crippen LogP contribution in [0.4, 0.5) is 0 Å². The number of hydrogen-bond acceptors (Lipinski definition) is 2. The van der Waals surface area contributed by atoms with E-state index in [0.29, 0.717) is 5.82 Å². The molecular formula is C55H59N3O. The fourth-order valence-corrected chi connectivity index (χ4v) is 8.21. The van der Waals surface area contributed by atoms with Crippen molar-refractivity contribution in [2.45, 2.75) is 105 Å². The number of aromatic amines is 1. The lowest BCUT2D eigenvalue weighted by molar-refractivity contribution is 0.446. The third-order valence-corrected chi connectivity index (χ3v) is 11.8. The smallest absolute Gasteiger partial charge is 0.149 e. The summed E-state index contributed by atoms with van der Waals surface area (Å²) >= 11 is 0. The summed E-state index contributed by atoms with van der Waals surface area (Å²) in [5.74, 6) is 0.983. The molecule has 0 bridgehead atoms. The maximum Gasteiger partial charge on any atom is 0.149 e. The van der Waals surface area contributed by atoms with Crippen LogP contribution in [0.25, 0.3) is 72.5 Å². The van der Waals surface area contributed by atoms with Crippen molar-refractivity contribution in [2.75, 3.05) is 0 Å². The van der Waals surface area contributed by atoms with Gasteiger partial charge in [0.15, 0.2) is 0 Å². The summed E-state index contributed by atoms with van der Waals surface area (Å²) in [5.41, 5.74) is 15.2. The molecule has 2 aromatic heterocycles. The van der Waals surface area contributed by atoms with E-state index in [4.69, 9.17) is 4.98 Å². The van der Waals surface area contributed by atoms with Crippen molar-refractivity contribution in [1.29, 1.82) is 0 Å². The van der Waals surface area contributed by atoms with Crippen LogP contribution in [0.15, 0.2) is 127 Å². The summed E-state index contributed by atoms with van der Waals surface area (Å²) in [6, 6.07) is 46.1. The molecule has 4 nitrogen and oxygen atoms in total. The Morgan fingerprint density at radius 3 is 1.78 bits per heavy atom. The highest BCUT2D eigenvalue weighted by molar-refractivity contribution is 5.98. The number of rotatable bonds is 5. The Kier molecular flexibility index (Phi) is 9.58. The van der Waals surface area contributed by atoms with Crippen molar-refractivity contribution in [1.82, 2.24) is 14.5 Å². The van der Waals surface area contributed by atoms with Crippen LogP contribution in [0, 0.1) is 0 Å². The molecule has 2 heterocycles. The van der Waals surface area contributed by atoms with Gasteiger partial charge in [0.05, 0.1) is 22.3 Å². The van der Waals surface area contributed by atoms with Crippen LogP contribution in [-0.2, 0) is 21.7 Å². The molecule has 0 fully saturated rings. The number of aromatic hydroxyl groups is 1. The Hall–Kier alpha value is -5.87. The SMILES string of the molecule is CC(C)(C)c1cc(-c2cc3ccccc3[nH]2)cc(-c2cccc3c2nc(-c2cc(C(C)(C)C)cc(C(C)(C)C)c2O)n3-c2ccc(C(C)(C)C)cc2-c2ccccc2)c1. The molecule has 0 saturated heterocycles. The van der Waals surface area contributed by atoms with E-state index in [1.807, 2.05) is 0 Å². The molecule has 2 N–H and O–H groups in total. The van der Waals surface area contributed by atoms with E-state index in [1.54, 1.807) is 0 Å². The molecule has 0 amide bonds. The number of phenols is 1. The van der Waals surface area contributed by atoms with Crippen LogP contribution in [0.1, 0.15) is 105 Å². The summed E-state index contributed by atoms with van der Waals surface area (Å²) in [6.07, 6.45) is 0. The van der Waals surface area contributed by atoms with Crippen LogP contribution in [0.3, 0.4) is 0 Å². The van der Waals surface area contributed by atoms with Gasteiger partial charge in [0.25, 0.3) is 0 Å². The Balaban J connectivity index is 1.49. The number of imidazole rings is 1. The number of nitrogens with zero attached hydrogens (tertiary/aromatic N) is 2. The van der Waals surface area contributed by atoms with Gasteiger partial charge < -0.3 is 10.1 Å². The third-order valence-electron chi connectivity index (χ3n) is 11.8. The quantitative estimate of drug-likeness (QED) is 0.183. The lowest BCUT2D eigenvalue weighted by Crippen LogP contribution is -2.17. The Morgan fingerprint density at radius 2 is 1.12 bits per heavy atom. The molecule has 6 aromatic carbocycles. The molecular weight excluding hydrogens is 719 g/mol. The van der Waals surface area contributed by atoms with Crippen molar-refractivity contribution < 1.29 is 5.11 Å². The summed E-state index contributed by atoms with van der Waals surface area (Å²) in [6.45, 7) is 26.9. The van der Waals surface area contributed by atoms with Crippen LogP contribution in [-0.4, -0.2) is 19.6 Å². The molecule has 59 heavy (non-hydrogen) atoms. The number of benzene rings is 6. The maximum absolute atomic E-state index is 12.5. The summed E-state index contributed by atoms with van der Waals surface area (Å²) in [5, 5.41) is 13.7. The molecule has 8 aromatic rings. The standard InChI is InChI=1S/C55H59N3O/c1-52(2,3)38-25-26-47(42(31-38)34-19-14-13-15-20-34)58-48-24-18-22-41(49(48)57-51(58)43-32-40(54(7,8)9)33-44(50(43)59)55(10,11)12)36-27-37(29-39(28-36)53(4,5)6)46-30-35-21-16-17-23-45(35)56-46/h13-33,56,59H,1-12H3. The number of aromatic nitrogens is 3. The molecule has 0 aliphatic heterocycles. The van der Waals surface area contributed by atoms with Gasteiger partial charge in [-0.05, 0) is 104 Å². The summed E-state index contributed by atoms with van der Waals surface area (Å²) < 4.78 is 2.30. The molecule has 8 rings (SSSR count). The largest absolute Gasteiger partial charge is 0.507 e. The maximum atomic E-state index is 12.5. The number of hydrogen-bond donors (Lipinski definition) is 2. The van der Waals surface area contributed by atoms with E-state index < -0.39 is 0 Å². The van der Waals surface area contributed by atoms with Gasteiger partial charge >= 0.3 is 0 Å². The van der Waals surface area contributed by atoms with Gasteiger partial charge in [-0.1, -0.05) is 162 Å². The molecule has 0 atom stereocenters. The highest BCUT2D eigenvalue weighted by Gasteiger charge is 2.30. The second-order valence-corrected chi connectivity index (χ2v) is 20.5. The second-order valence-electron chi connectivity index (χ2n) is 20.5. The Bertz CT molecular complexity index is 2830. The average Bonchev–Trinajstić information content (AvgIpc) is 3.79. The topological polar surface area (TPSA) is 53.8 Å². The van der Waals surface area contributed by atoms with Crippen LogP contribution >= 0.6 is 0 Å². The number of phenolic OH excluding ortho intramolecular Hbond substituents is 1. The first-order chi connectivity index (χ1) is 27.7. The average molecular weight is 778 g/mol. The van der Waals surface area contributed by atoms with Crippen LogP contribution in [0.2, 0.25) is 0 Å². The third kappa shape index (κ3) is 7.50. The van der Waals surface area contributed by atoms with E-state index in [9.17, 15) is 5.11 Å². The lowest BCUT2D eigenvalue weighted by atomic mass is 9.79. The number of nitrogens with one attached hydrogen (secondary N) is 1. The predicted molar refractivity (Wildman–Crippen MR) is 251 cm³/mol. The molecule has 0 radical (unpaired) electrons. The van der Waals surface area contributed by atoms with Crippen molar-refractivity contribution in [3.05, 3.63) is 150 Å². The molecule has 300 valence electrons.